The van der Waals surface area contributed by atoms with E-state index in [0.717, 1.165) is 124 Å². The average molecular weight is 736 g/mol. The molecular formula is C45H57N3O6. The third-order valence-electron chi connectivity index (χ3n) is 12.7. The number of hydrogen-bond acceptors (Lipinski definition) is 6. The number of rotatable bonds is 9. The van der Waals surface area contributed by atoms with E-state index in [2.05, 4.69) is 0 Å². The molecule has 0 atom stereocenters. The second-order valence-corrected chi connectivity index (χ2v) is 16.7. The molecule has 9 nitrogen and oxygen atoms in total. The lowest BCUT2D eigenvalue weighted by atomic mass is 9.82. The quantitative estimate of drug-likeness (QED) is 0.158. The van der Waals surface area contributed by atoms with Crippen LogP contribution in [0.25, 0.3) is 0 Å². The van der Waals surface area contributed by atoms with Crippen LogP contribution in [0.15, 0.2) is 50.8 Å². The predicted molar refractivity (Wildman–Crippen MR) is 213 cm³/mol. The minimum atomic E-state index is -0.694. The molecule has 0 radical (unpaired) electrons. The fourth-order valence-corrected chi connectivity index (χ4v) is 9.74. The molecule has 0 unspecified atom stereocenters. The second-order valence-electron chi connectivity index (χ2n) is 16.7. The van der Waals surface area contributed by atoms with Gasteiger partial charge < -0.3 is 15.3 Å². The highest BCUT2D eigenvalue weighted by Crippen LogP contribution is 2.41. The molecule has 3 aromatic carbocycles. The lowest BCUT2D eigenvalue weighted by Crippen LogP contribution is -2.54. The molecule has 288 valence electrons. The topological polar surface area (TPSA) is 127 Å². The largest absolute Gasteiger partial charge is 0.507 e. The van der Waals surface area contributed by atoms with Crippen molar-refractivity contribution < 1.29 is 15.3 Å². The normalized spacial score (nSPS) is 17.6. The number of aromatic nitrogens is 3. The summed E-state index contributed by atoms with van der Waals surface area (Å²) in [6, 6.07) is 11.3. The van der Waals surface area contributed by atoms with Crippen LogP contribution in [0.2, 0.25) is 0 Å². The van der Waals surface area contributed by atoms with Crippen molar-refractivity contribution in [3.05, 3.63) is 118 Å². The van der Waals surface area contributed by atoms with Gasteiger partial charge >= 0.3 is 17.1 Å². The molecule has 1 aromatic heterocycles. The number of benzene rings is 3. The molecule has 7 rings (SSSR count). The number of nitrogens with zero attached hydrogens (tertiary/aromatic N) is 3. The van der Waals surface area contributed by atoms with Crippen LogP contribution in [-0.2, 0) is 19.6 Å². The van der Waals surface area contributed by atoms with Crippen molar-refractivity contribution in [2.45, 2.75) is 154 Å². The average Bonchev–Trinajstić information content (AvgIpc) is 3.18. The smallest absolute Gasteiger partial charge is 0.336 e. The van der Waals surface area contributed by atoms with Gasteiger partial charge in [-0.2, -0.15) is 0 Å². The van der Waals surface area contributed by atoms with Gasteiger partial charge in [0.2, 0.25) is 0 Å². The van der Waals surface area contributed by atoms with E-state index in [1.54, 1.807) is 0 Å². The summed E-state index contributed by atoms with van der Waals surface area (Å²) in [5.74, 6) is 1.46. The first-order chi connectivity index (χ1) is 26.0. The molecule has 3 N–H and O–H groups in total. The first-order valence-electron chi connectivity index (χ1n) is 20.4. The third kappa shape index (κ3) is 7.69. The number of hydrogen-bond donors (Lipinski definition) is 3. The summed E-state index contributed by atoms with van der Waals surface area (Å²) in [5.41, 5.74) is 4.75. The van der Waals surface area contributed by atoms with Crippen LogP contribution in [0.1, 0.15) is 164 Å². The molecular weight excluding hydrogens is 679 g/mol. The zero-order chi connectivity index (χ0) is 38.1. The SMILES string of the molecule is Cc1cc(Cn2c(=O)n(Cc3cc(C)c(O)c(C4CCCCC4)c3)c(=O)n(Cc3cc(C)c(O)c(C4CCCCC4)c3)c2=O)cc(C2CCCCC2)c1O. The van der Waals surface area contributed by atoms with Crippen LogP contribution >= 0.6 is 0 Å². The molecule has 0 spiro atoms. The summed E-state index contributed by atoms with van der Waals surface area (Å²) in [7, 11) is 0. The fraction of sp³-hybridized carbons (Fsp3) is 0.533. The maximum atomic E-state index is 14.4. The Labute approximate surface area is 317 Å². The van der Waals surface area contributed by atoms with Gasteiger partial charge in [0.1, 0.15) is 17.2 Å². The Hall–Kier alpha value is -4.53. The standard InChI is InChI=1S/C45H57N3O6/c1-28-19-31(22-37(40(28)49)34-13-7-4-8-14-34)25-46-43(52)47(26-32-20-29(2)41(50)38(23-32)35-15-9-5-10-16-35)45(54)48(44(46)53)27-33-21-30(3)42(51)39(24-33)36-17-11-6-12-18-36/h19-24,34-36,49-51H,4-18,25-27H2,1-3H3. The molecule has 3 fully saturated rings. The van der Waals surface area contributed by atoms with Crippen LogP contribution in [0.4, 0.5) is 0 Å². The van der Waals surface area contributed by atoms with Crippen molar-refractivity contribution in [2.24, 2.45) is 0 Å². The minimum absolute atomic E-state index is 0.0529. The van der Waals surface area contributed by atoms with E-state index in [-0.39, 0.29) is 54.6 Å². The third-order valence-corrected chi connectivity index (χ3v) is 12.7. The highest BCUT2D eigenvalue weighted by molar-refractivity contribution is 5.47. The fourth-order valence-electron chi connectivity index (χ4n) is 9.74. The molecule has 3 aliphatic carbocycles. The van der Waals surface area contributed by atoms with E-state index in [0.29, 0.717) is 16.7 Å². The number of aromatic hydroxyl groups is 3. The van der Waals surface area contributed by atoms with Crippen molar-refractivity contribution in [3.63, 3.8) is 0 Å². The van der Waals surface area contributed by atoms with E-state index >= 15 is 0 Å². The van der Waals surface area contributed by atoms with Crippen LogP contribution in [0, 0.1) is 20.8 Å². The Morgan fingerprint density at radius 3 is 0.907 bits per heavy atom. The minimum Gasteiger partial charge on any atom is -0.507 e. The zero-order valence-electron chi connectivity index (χ0n) is 32.3. The lowest BCUT2D eigenvalue weighted by Gasteiger charge is -2.25. The predicted octanol–water partition coefficient (Wildman–Crippen LogP) is 8.50. The van der Waals surface area contributed by atoms with Gasteiger partial charge in [-0.3, -0.25) is 0 Å². The van der Waals surface area contributed by atoms with E-state index in [1.165, 1.54) is 19.3 Å². The van der Waals surface area contributed by atoms with Crippen LogP contribution in [0.5, 0.6) is 17.2 Å². The summed E-state index contributed by atoms with van der Waals surface area (Å²) in [5, 5.41) is 33.3. The van der Waals surface area contributed by atoms with Gasteiger partial charge in [-0.1, -0.05) is 94.2 Å². The highest BCUT2D eigenvalue weighted by Gasteiger charge is 2.25. The molecule has 0 aliphatic heterocycles. The van der Waals surface area contributed by atoms with E-state index in [4.69, 9.17) is 0 Å². The molecule has 0 amide bonds. The van der Waals surface area contributed by atoms with Crippen molar-refractivity contribution in [3.8, 4) is 17.2 Å². The van der Waals surface area contributed by atoms with Gasteiger partial charge in [-0.15, -0.1) is 0 Å². The summed E-state index contributed by atoms with van der Waals surface area (Å²) in [4.78, 5) is 43.3. The zero-order valence-corrected chi connectivity index (χ0v) is 32.3. The van der Waals surface area contributed by atoms with Gasteiger partial charge in [0.05, 0.1) is 19.6 Å². The van der Waals surface area contributed by atoms with E-state index in [1.807, 2.05) is 57.2 Å². The van der Waals surface area contributed by atoms with Crippen molar-refractivity contribution >= 4 is 0 Å². The Morgan fingerprint density at radius 2 is 0.667 bits per heavy atom. The summed E-state index contributed by atoms with van der Waals surface area (Å²) in [6.07, 6.45) is 16.0. The van der Waals surface area contributed by atoms with Crippen LogP contribution in [0.3, 0.4) is 0 Å². The summed E-state index contributed by atoms with van der Waals surface area (Å²) in [6.45, 7) is 5.39. The lowest BCUT2D eigenvalue weighted by molar-refractivity contribution is 0.411. The molecule has 9 heteroatoms. The molecule has 54 heavy (non-hydrogen) atoms. The summed E-state index contributed by atoms with van der Waals surface area (Å²) >= 11 is 0. The first kappa shape index (κ1) is 37.8. The molecule has 3 aliphatic rings. The highest BCUT2D eigenvalue weighted by atomic mass is 16.3. The van der Waals surface area contributed by atoms with E-state index in [9.17, 15) is 29.7 Å². The van der Waals surface area contributed by atoms with Crippen molar-refractivity contribution in [1.29, 1.82) is 0 Å². The molecule has 3 saturated carbocycles. The van der Waals surface area contributed by atoms with Gasteiger partial charge in [-0.25, -0.2) is 28.1 Å². The van der Waals surface area contributed by atoms with Gasteiger partial charge in [0, 0.05) is 0 Å². The molecule has 0 saturated heterocycles. The molecule has 4 aromatic rings. The Bertz CT molecular complexity index is 1920. The van der Waals surface area contributed by atoms with Gasteiger partial charge in [0.15, 0.2) is 0 Å². The van der Waals surface area contributed by atoms with Gasteiger partial charge in [0.25, 0.3) is 0 Å². The van der Waals surface area contributed by atoms with Crippen molar-refractivity contribution in [1.82, 2.24) is 13.7 Å². The Kier molecular flexibility index (Phi) is 11.2. The second kappa shape index (κ2) is 16.1. The maximum Gasteiger partial charge on any atom is 0.336 e. The maximum absolute atomic E-state index is 14.4. The molecule has 1 heterocycles. The number of aryl methyl sites for hydroxylation is 3. The van der Waals surface area contributed by atoms with Gasteiger partial charge in [-0.05, 0) is 127 Å². The van der Waals surface area contributed by atoms with Crippen molar-refractivity contribution in [2.75, 3.05) is 0 Å². The first-order valence-corrected chi connectivity index (χ1v) is 20.4. The molecule has 0 bridgehead atoms. The Balaban J connectivity index is 1.34. The Morgan fingerprint density at radius 1 is 0.426 bits per heavy atom. The number of phenols is 3. The van der Waals surface area contributed by atoms with Crippen LogP contribution < -0.4 is 17.1 Å². The number of phenolic OH excluding ortho intramolecular Hbond substituents is 3. The monoisotopic (exact) mass is 735 g/mol. The van der Waals surface area contributed by atoms with E-state index < -0.39 is 17.1 Å². The van der Waals surface area contributed by atoms with Crippen LogP contribution in [-0.4, -0.2) is 29.0 Å². The summed E-state index contributed by atoms with van der Waals surface area (Å²) < 4.78 is 3.47.